The van der Waals surface area contributed by atoms with E-state index in [1.54, 1.807) is 30.4 Å². The van der Waals surface area contributed by atoms with Crippen LogP contribution in [0.1, 0.15) is 49.0 Å². The maximum atomic E-state index is 15.1. The molecule has 0 saturated heterocycles. The predicted octanol–water partition coefficient (Wildman–Crippen LogP) is 5.59. The molecular weight excluding hydrogens is 509 g/mol. The molecule has 0 fully saturated rings. The van der Waals surface area contributed by atoms with Gasteiger partial charge in [-0.3, -0.25) is 4.79 Å². The summed E-state index contributed by atoms with van der Waals surface area (Å²) >= 11 is 5.03. The van der Waals surface area contributed by atoms with E-state index >= 15 is 4.39 Å². The third-order valence-corrected chi connectivity index (χ3v) is 7.46. The number of carbonyl (C=O) groups is 2. The first-order valence-corrected chi connectivity index (χ1v) is 12.5. The molecule has 4 rings (SSSR count). The summed E-state index contributed by atoms with van der Waals surface area (Å²) < 4.78 is 26.5. The molecule has 0 spiro atoms. The number of benzene rings is 1. The van der Waals surface area contributed by atoms with Crippen molar-refractivity contribution in [3.63, 3.8) is 0 Å². The van der Waals surface area contributed by atoms with Crippen LogP contribution in [0.15, 0.2) is 62.7 Å². The van der Waals surface area contributed by atoms with E-state index in [1.807, 2.05) is 24.4 Å². The predicted molar refractivity (Wildman–Crippen MR) is 128 cm³/mol. The molecule has 2 aliphatic rings. The van der Waals surface area contributed by atoms with Gasteiger partial charge in [0, 0.05) is 50.8 Å². The van der Waals surface area contributed by atoms with E-state index < -0.39 is 17.7 Å². The number of thiophene rings is 1. The Bertz CT molecular complexity index is 1130. The second kappa shape index (κ2) is 10.3. The molecule has 5 nitrogen and oxygen atoms in total. The lowest BCUT2D eigenvalue weighted by Crippen LogP contribution is -2.36. The van der Waals surface area contributed by atoms with Gasteiger partial charge in [0.1, 0.15) is 12.4 Å². The van der Waals surface area contributed by atoms with E-state index in [1.165, 1.54) is 6.07 Å². The molecule has 0 amide bonds. The Morgan fingerprint density at radius 2 is 2.09 bits per heavy atom. The van der Waals surface area contributed by atoms with Crippen LogP contribution < -0.4 is 5.32 Å². The highest BCUT2D eigenvalue weighted by atomic mass is 79.9. The lowest BCUT2D eigenvalue weighted by Gasteiger charge is -2.36. The lowest BCUT2D eigenvalue weighted by atomic mass is 9.72. The molecule has 1 aliphatic heterocycles. The molecule has 0 bridgehead atoms. The molecule has 2 heterocycles. The monoisotopic (exact) mass is 533 g/mol. The van der Waals surface area contributed by atoms with Crippen molar-refractivity contribution >= 4 is 39.0 Å². The Morgan fingerprint density at radius 1 is 1.27 bits per heavy atom. The van der Waals surface area contributed by atoms with E-state index in [2.05, 4.69) is 21.2 Å². The van der Waals surface area contributed by atoms with Gasteiger partial charge in [0.2, 0.25) is 0 Å². The molecule has 33 heavy (non-hydrogen) atoms. The maximum Gasteiger partial charge on any atom is 0.336 e. The fourth-order valence-electron chi connectivity index (χ4n) is 4.50. The van der Waals surface area contributed by atoms with Crippen LogP contribution in [-0.2, 0) is 19.1 Å². The summed E-state index contributed by atoms with van der Waals surface area (Å²) in [4.78, 5) is 27.8. The van der Waals surface area contributed by atoms with Gasteiger partial charge in [0.15, 0.2) is 5.78 Å². The number of esters is 1. The summed E-state index contributed by atoms with van der Waals surface area (Å²) in [6.45, 7) is 4.50. The van der Waals surface area contributed by atoms with Crippen LogP contribution in [-0.4, -0.2) is 31.6 Å². The SMILES string of the molecule is CCOCCOC(=O)C1=C(C)NC2=C(C(=O)C[C@H](c3cccs3)C2)[C@H]1c1cc(Br)ccc1F. The molecule has 2 aromatic rings. The smallest absolute Gasteiger partial charge is 0.336 e. The van der Waals surface area contributed by atoms with E-state index in [0.717, 1.165) is 10.6 Å². The third kappa shape index (κ3) is 4.98. The number of rotatable bonds is 7. The summed E-state index contributed by atoms with van der Waals surface area (Å²) in [6, 6.07) is 8.59. The van der Waals surface area contributed by atoms with Gasteiger partial charge >= 0.3 is 5.97 Å². The fourth-order valence-corrected chi connectivity index (χ4v) is 5.71. The minimum atomic E-state index is -0.838. The first-order valence-electron chi connectivity index (χ1n) is 10.9. The topological polar surface area (TPSA) is 64.6 Å². The highest BCUT2D eigenvalue weighted by Gasteiger charge is 2.42. The van der Waals surface area contributed by atoms with Gasteiger partial charge in [0.05, 0.1) is 18.1 Å². The van der Waals surface area contributed by atoms with Crippen LogP contribution >= 0.6 is 27.3 Å². The van der Waals surface area contributed by atoms with Crippen molar-refractivity contribution in [2.45, 2.75) is 38.5 Å². The van der Waals surface area contributed by atoms with E-state index in [0.29, 0.717) is 35.2 Å². The Balaban J connectivity index is 1.75. The average molecular weight is 534 g/mol. The van der Waals surface area contributed by atoms with Gasteiger partial charge in [-0.15, -0.1) is 11.3 Å². The summed E-state index contributed by atoms with van der Waals surface area (Å²) in [5.41, 5.74) is 2.29. The van der Waals surface area contributed by atoms with E-state index in [9.17, 15) is 9.59 Å². The van der Waals surface area contributed by atoms with E-state index in [4.69, 9.17) is 9.47 Å². The molecule has 1 aliphatic carbocycles. The highest BCUT2D eigenvalue weighted by Crippen LogP contribution is 2.47. The normalized spacial score (nSPS) is 20.5. The van der Waals surface area contributed by atoms with Crippen molar-refractivity contribution in [2.24, 2.45) is 0 Å². The van der Waals surface area contributed by atoms with E-state index in [-0.39, 0.29) is 36.1 Å². The van der Waals surface area contributed by atoms with Crippen LogP contribution in [0.5, 0.6) is 0 Å². The van der Waals surface area contributed by atoms with Crippen LogP contribution in [0, 0.1) is 5.82 Å². The number of Topliss-reactive ketones (excluding diaryl/α,β-unsaturated/α-hetero) is 1. The Hall–Kier alpha value is -2.29. The molecule has 1 N–H and O–H groups in total. The molecule has 174 valence electrons. The standard InChI is InChI=1S/C25H25BrFNO4S/c1-3-31-8-9-32-25(30)22-14(2)28-19-11-15(21-5-4-10-33-21)12-20(29)24(19)23(22)17-13-16(26)6-7-18(17)27/h4-7,10,13,15,23,28H,3,8-9,11-12H2,1-2H3/t15-,23+/m1/s1. The number of carbonyl (C=O) groups excluding carboxylic acids is 2. The highest BCUT2D eigenvalue weighted by molar-refractivity contribution is 9.10. The quantitative estimate of drug-likeness (QED) is 0.371. The summed E-state index contributed by atoms with van der Waals surface area (Å²) in [5, 5.41) is 5.28. The molecule has 0 radical (unpaired) electrons. The Kier molecular flexibility index (Phi) is 7.46. The Labute approximate surface area is 204 Å². The zero-order valence-corrected chi connectivity index (χ0v) is 20.9. The van der Waals surface area contributed by atoms with Crippen molar-refractivity contribution < 1.29 is 23.5 Å². The number of ether oxygens (including phenoxy) is 2. The Morgan fingerprint density at radius 3 is 2.82 bits per heavy atom. The van der Waals surface area contributed by atoms with Gasteiger partial charge in [-0.1, -0.05) is 22.0 Å². The summed E-state index contributed by atoms with van der Waals surface area (Å²) in [5.74, 6) is -1.92. The minimum absolute atomic E-state index is 0.0595. The number of hydrogen-bond donors (Lipinski definition) is 1. The summed E-state index contributed by atoms with van der Waals surface area (Å²) in [6.07, 6.45) is 0.941. The second-order valence-corrected chi connectivity index (χ2v) is 9.93. The largest absolute Gasteiger partial charge is 0.460 e. The number of hydrogen-bond acceptors (Lipinski definition) is 6. The number of allylic oxidation sites excluding steroid dienone is 3. The number of dihydropyridines is 1. The van der Waals surface area contributed by atoms with Crippen molar-refractivity contribution in [1.29, 1.82) is 0 Å². The fraction of sp³-hybridized carbons (Fsp3) is 0.360. The zero-order valence-electron chi connectivity index (χ0n) is 18.5. The minimum Gasteiger partial charge on any atom is -0.460 e. The van der Waals surface area contributed by atoms with Crippen molar-refractivity contribution in [2.75, 3.05) is 19.8 Å². The molecule has 2 atom stereocenters. The molecule has 1 aromatic carbocycles. The van der Waals surface area contributed by atoms with Gasteiger partial charge in [0.25, 0.3) is 0 Å². The van der Waals surface area contributed by atoms with Crippen molar-refractivity contribution in [3.8, 4) is 0 Å². The molecule has 8 heteroatoms. The van der Waals surface area contributed by atoms with Gasteiger partial charge < -0.3 is 14.8 Å². The van der Waals surface area contributed by atoms with Crippen LogP contribution in [0.2, 0.25) is 0 Å². The van der Waals surface area contributed by atoms with Gasteiger partial charge in [-0.05, 0) is 49.9 Å². The molecule has 1 aromatic heterocycles. The number of ketones is 1. The molecular formula is C25H25BrFNO4S. The van der Waals surface area contributed by atoms with Gasteiger partial charge in [-0.25, -0.2) is 9.18 Å². The third-order valence-electron chi connectivity index (χ3n) is 5.93. The van der Waals surface area contributed by atoms with Crippen molar-refractivity contribution in [1.82, 2.24) is 5.32 Å². The second-order valence-electron chi connectivity index (χ2n) is 8.03. The van der Waals surface area contributed by atoms with Crippen LogP contribution in [0.3, 0.4) is 0 Å². The first-order chi connectivity index (χ1) is 15.9. The van der Waals surface area contributed by atoms with Crippen LogP contribution in [0.25, 0.3) is 0 Å². The number of nitrogens with one attached hydrogen (secondary N) is 1. The number of halogens is 2. The molecule has 0 saturated carbocycles. The van der Waals surface area contributed by atoms with Crippen LogP contribution in [0.4, 0.5) is 4.39 Å². The molecule has 0 unspecified atom stereocenters. The van der Waals surface area contributed by atoms with Crippen molar-refractivity contribution in [3.05, 3.63) is 79.0 Å². The average Bonchev–Trinajstić information content (AvgIpc) is 3.32. The first kappa shape index (κ1) is 23.9. The maximum absolute atomic E-state index is 15.1. The van der Waals surface area contributed by atoms with Gasteiger partial charge in [-0.2, -0.15) is 0 Å². The zero-order chi connectivity index (χ0) is 23.5. The summed E-state index contributed by atoms with van der Waals surface area (Å²) in [7, 11) is 0. The lowest BCUT2D eigenvalue weighted by molar-refractivity contribution is -0.140.